The Labute approximate surface area is 157 Å². The first-order valence-corrected chi connectivity index (χ1v) is 9.08. The summed E-state index contributed by atoms with van der Waals surface area (Å²) in [7, 11) is 0. The molecular weight excluding hydrogens is 362 g/mol. The number of carbonyl (C=O) groups is 1. The molecule has 0 fully saturated rings. The molecule has 1 aromatic carbocycles. The van der Waals surface area contributed by atoms with E-state index in [-0.39, 0.29) is 11.6 Å². The average molecular weight is 375 g/mol. The van der Waals surface area contributed by atoms with Gasteiger partial charge in [-0.3, -0.25) is 15.2 Å². The van der Waals surface area contributed by atoms with Crippen molar-refractivity contribution in [1.82, 2.24) is 20.2 Å². The van der Waals surface area contributed by atoms with Crippen LogP contribution in [-0.2, 0) is 0 Å². The highest BCUT2D eigenvalue weighted by Crippen LogP contribution is 2.31. The Morgan fingerprint density at radius 3 is 3.00 bits per heavy atom. The van der Waals surface area contributed by atoms with Gasteiger partial charge < -0.3 is 9.40 Å². The summed E-state index contributed by atoms with van der Waals surface area (Å²) in [5.74, 6) is 0.293. The summed E-state index contributed by atoms with van der Waals surface area (Å²) in [6.07, 6.45) is 3.49. The van der Waals surface area contributed by atoms with Crippen LogP contribution in [0.4, 0.5) is 5.13 Å². The minimum Gasteiger partial charge on any atom is -0.463 e. The van der Waals surface area contributed by atoms with E-state index in [1.54, 1.807) is 24.5 Å². The van der Waals surface area contributed by atoms with Crippen LogP contribution in [0, 0.1) is 0 Å². The number of H-pyrrole nitrogens is 2. The molecule has 5 aromatic rings. The molecule has 0 unspecified atom stereocenters. The molecule has 0 aliphatic carbocycles. The zero-order valence-electron chi connectivity index (χ0n) is 13.9. The molecule has 0 spiro atoms. The van der Waals surface area contributed by atoms with Gasteiger partial charge in [0, 0.05) is 34.1 Å². The second kappa shape index (κ2) is 6.26. The van der Waals surface area contributed by atoms with Gasteiger partial charge in [0.15, 0.2) is 16.6 Å². The maximum Gasteiger partial charge on any atom is 0.277 e. The Bertz CT molecular complexity index is 1230. The van der Waals surface area contributed by atoms with E-state index in [2.05, 4.69) is 25.5 Å². The maximum absolute atomic E-state index is 12.4. The van der Waals surface area contributed by atoms with E-state index < -0.39 is 0 Å². The number of aromatic amines is 2. The van der Waals surface area contributed by atoms with Gasteiger partial charge in [-0.1, -0.05) is 18.2 Å². The Morgan fingerprint density at radius 1 is 1.19 bits per heavy atom. The first kappa shape index (κ1) is 15.6. The number of nitrogens with zero attached hydrogens (tertiary/aromatic N) is 2. The SMILES string of the molecule is O=C(Nc1nc(-c2c[nH]c3ccccc23)cs1)c1cc(-c2ccco2)[nH]n1. The van der Waals surface area contributed by atoms with Crippen LogP contribution in [0.25, 0.3) is 33.6 Å². The monoisotopic (exact) mass is 375 g/mol. The number of benzene rings is 1. The molecule has 0 aliphatic heterocycles. The van der Waals surface area contributed by atoms with Crippen molar-refractivity contribution in [2.75, 3.05) is 5.32 Å². The van der Waals surface area contributed by atoms with Crippen LogP contribution in [0.3, 0.4) is 0 Å². The highest BCUT2D eigenvalue weighted by Gasteiger charge is 2.15. The summed E-state index contributed by atoms with van der Waals surface area (Å²) in [5, 5.41) is 13.2. The van der Waals surface area contributed by atoms with Crippen LogP contribution < -0.4 is 5.32 Å². The van der Waals surface area contributed by atoms with Crippen LogP contribution >= 0.6 is 11.3 Å². The van der Waals surface area contributed by atoms with Gasteiger partial charge in [0.05, 0.1) is 12.0 Å². The fourth-order valence-corrected chi connectivity index (χ4v) is 3.60. The molecule has 132 valence electrons. The van der Waals surface area contributed by atoms with Crippen molar-refractivity contribution in [1.29, 1.82) is 0 Å². The summed E-state index contributed by atoms with van der Waals surface area (Å²) < 4.78 is 5.29. The van der Waals surface area contributed by atoms with Crippen molar-refractivity contribution in [3.8, 4) is 22.7 Å². The second-order valence-corrected chi connectivity index (χ2v) is 6.74. The molecule has 0 aliphatic rings. The van der Waals surface area contributed by atoms with Crippen molar-refractivity contribution in [2.45, 2.75) is 0 Å². The smallest absolute Gasteiger partial charge is 0.277 e. The lowest BCUT2D eigenvalue weighted by Gasteiger charge is -1.97. The second-order valence-electron chi connectivity index (χ2n) is 5.88. The number of rotatable bonds is 4. The third kappa shape index (κ3) is 2.81. The van der Waals surface area contributed by atoms with Crippen LogP contribution in [0.15, 0.2) is 64.7 Å². The van der Waals surface area contributed by atoms with E-state index in [4.69, 9.17) is 4.42 Å². The van der Waals surface area contributed by atoms with E-state index in [9.17, 15) is 4.79 Å². The molecular formula is C19H13N5O2S. The zero-order valence-corrected chi connectivity index (χ0v) is 14.7. The first-order valence-electron chi connectivity index (χ1n) is 8.20. The standard InChI is InChI=1S/C19H13N5O2S/c25-18(15-8-14(23-24-15)17-6-3-7-26-17)22-19-21-16(10-27-19)12-9-20-13-5-2-1-4-11(12)13/h1-10,20H,(H,23,24)(H,21,22,25). The highest BCUT2D eigenvalue weighted by atomic mass is 32.1. The number of carbonyl (C=O) groups excluding carboxylic acids is 1. The topological polar surface area (TPSA) is 99.6 Å². The van der Waals surface area contributed by atoms with Crippen LogP contribution in [0.1, 0.15) is 10.5 Å². The molecule has 0 saturated carbocycles. The molecule has 0 bridgehead atoms. The Morgan fingerprint density at radius 2 is 2.11 bits per heavy atom. The summed E-state index contributed by atoms with van der Waals surface area (Å²) in [6, 6.07) is 13.2. The van der Waals surface area contributed by atoms with E-state index in [0.29, 0.717) is 16.6 Å². The van der Waals surface area contributed by atoms with Gasteiger partial charge >= 0.3 is 0 Å². The number of thiazole rings is 1. The van der Waals surface area contributed by atoms with Gasteiger partial charge in [-0.2, -0.15) is 5.10 Å². The van der Waals surface area contributed by atoms with Gasteiger partial charge in [-0.05, 0) is 18.2 Å². The van der Waals surface area contributed by atoms with Crippen molar-refractivity contribution in [3.05, 3.63) is 66.0 Å². The molecule has 4 aromatic heterocycles. The summed E-state index contributed by atoms with van der Waals surface area (Å²) in [6.45, 7) is 0. The predicted octanol–water partition coefficient (Wildman–Crippen LogP) is 4.53. The quantitative estimate of drug-likeness (QED) is 0.430. The maximum atomic E-state index is 12.4. The van der Waals surface area contributed by atoms with Crippen LogP contribution in [0.2, 0.25) is 0 Å². The van der Waals surface area contributed by atoms with Crippen molar-refractivity contribution in [3.63, 3.8) is 0 Å². The van der Waals surface area contributed by atoms with Gasteiger partial charge in [0.1, 0.15) is 5.69 Å². The van der Waals surface area contributed by atoms with Gasteiger partial charge in [-0.15, -0.1) is 11.3 Å². The molecule has 0 saturated heterocycles. The summed E-state index contributed by atoms with van der Waals surface area (Å²) in [4.78, 5) is 20.2. The fraction of sp³-hybridized carbons (Fsp3) is 0. The third-order valence-electron chi connectivity index (χ3n) is 4.19. The number of nitrogens with one attached hydrogen (secondary N) is 3. The molecule has 3 N–H and O–H groups in total. The van der Waals surface area contributed by atoms with E-state index in [1.807, 2.05) is 35.8 Å². The number of amides is 1. The number of hydrogen-bond donors (Lipinski definition) is 3. The normalized spacial score (nSPS) is 11.1. The van der Waals surface area contributed by atoms with Crippen LogP contribution in [-0.4, -0.2) is 26.1 Å². The summed E-state index contributed by atoms with van der Waals surface area (Å²) in [5.41, 5.74) is 3.77. The first-order chi connectivity index (χ1) is 13.3. The lowest BCUT2D eigenvalue weighted by molar-refractivity contribution is 0.102. The highest BCUT2D eigenvalue weighted by molar-refractivity contribution is 7.14. The molecule has 7 nitrogen and oxygen atoms in total. The number of furan rings is 1. The zero-order chi connectivity index (χ0) is 18.2. The molecule has 0 radical (unpaired) electrons. The van der Waals surface area contributed by atoms with E-state index in [1.165, 1.54) is 11.3 Å². The lowest BCUT2D eigenvalue weighted by atomic mass is 10.1. The Kier molecular flexibility index (Phi) is 3.61. The van der Waals surface area contributed by atoms with E-state index >= 15 is 0 Å². The van der Waals surface area contributed by atoms with Gasteiger partial charge in [-0.25, -0.2) is 4.98 Å². The van der Waals surface area contributed by atoms with E-state index in [0.717, 1.165) is 22.2 Å². The number of anilines is 1. The van der Waals surface area contributed by atoms with Crippen LogP contribution in [0.5, 0.6) is 0 Å². The Hall–Kier alpha value is -3.65. The summed E-state index contributed by atoms with van der Waals surface area (Å²) >= 11 is 1.37. The molecule has 0 atom stereocenters. The lowest BCUT2D eigenvalue weighted by Crippen LogP contribution is -2.12. The fourth-order valence-electron chi connectivity index (χ4n) is 2.90. The minimum atomic E-state index is -0.330. The number of aromatic nitrogens is 4. The van der Waals surface area contributed by atoms with Gasteiger partial charge in [0.2, 0.25) is 0 Å². The number of hydrogen-bond acceptors (Lipinski definition) is 5. The van der Waals surface area contributed by atoms with Crippen molar-refractivity contribution in [2.24, 2.45) is 0 Å². The largest absolute Gasteiger partial charge is 0.463 e. The Balaban J connectivity index is 1.37. The van der Waals surface area contributed by atoms with Gasteiger partial charge in [0.25, 0.3) is 5.91 Å². The molecule has 8 heteroatoms. The number of fused-ring (bicyclic) bond motifs is 1. The minimum absolute atomic E-state index is 0.269. The molecule has 4 heterocycles. The average Bonchev–Trinajstić information content (AvgIpc) is 3.46. The molecule has 27 heavy (non-hydrogen) atoms. The number of para-hydroxylation sites is 1. The third-order valence-corrected chi connectivity index (χ3v) is 4.94. The molecule has 1 amide bonds. The predicted molar refractivity (Wildman–Crippen MR) is 104 cm³/mol. The van der Waals surface area contributed by atoms with Crippen molar-refractivity contribution < 1.29 is 9.21 Å². The van der Waals surface area contributed by atoms with Crippen molar-refractivity contribution >= 4 is 33.3 Å². The molecule has 5 rings (SSSR count).